The average Bonchev–Trinajstić information content (AvgIpc) is 2.86. The van der Waals surface area contributed by atoms with Gasteiger partial charge in [-0.2, -0.15) is 0 Å². The van der Waals surface area contributed by atoms with E-state index < -0.39 is 5.97 Å². The van der Waals surface area contributed by atoms with Crippen molar-refractivity contribution in [2.24, 2.45) is 0 Å². The van der Waals surface area contributed by atoms with E-state index in [1.54, 1.807) is 0 Å². The van der Waals surface area contributed by atoms with Crippen molar-refractivity contribution in [3.05, 3.63) is 0 Å². The first kappa shape index (κ1) is 19.4. The van der Waals surface area contributed by atoms with E-state index in [-0.39, 0.29) is 6.54 Å². The summed E-state index contributed by atoms with van der Waals surface area (Å²) in [6.45, 7) is 7.68. The minimum Gasteiger partial charge on any atom is -0.480 e. The van der Waals surface area contributed by atoms with Crippen molar-refractivity contribution < 1.29 is 9.90 Å². The quantitative estimate of drug-likeness (QED) is 0.523. The van der Waals surface area contributed by atoms with Gasteiger partial charge in [0.25, 0.3) is 0 Å². The van der Waals surface area contributed by atoms with Gasteiger partial charge in [-0.1, -0.05) is 65.2 Å². The minimum atomic E-state index is -0.705. The zero-order valence-corrected chi connectivity index (χ0v) is 14.7. The Labute approximate surface area is 136 Å². The van der Waals surface area contributed by atoms with Crippen LogP contribution in [0.25, 0.3) is 0 Å². The third-order valence-electron chi connectivity index (χ3n) is 4.77. The molecule has 0 radical (unpaired) electrons. The number of hydrogen-bond acceptors (Lipinski definition) is 3. The number of hydrogen-bond donors (Lipinski definition) is 1. The summed E-state index contributed by atoms with van der Waals surface area (Å²) >= 11 is 0. The second-order valence-electron chi connectivity index (χ2n) is 6.62. The molecule has 0 saturated carbocycles. The Morgan fingerprint density at radius 3 is 2.00 bits per heavy atom. The van der Waals surface area contributed by atoms with Crippen LogP contribution in [0.15, 0.2) is 0 Å². The molecular formula is C18H36N2O2. The van der Waals surface area contributed by atoms with Crippen molar-refractivity contribution >= 4 is 5.97 Å². The minimum absolute atomic E-state index is 0.187. The van der Waals surface area contributed by atoms with Gasteiger partial charge in [0, 0.05) is 13.1 Å². The third kappa shape index (κ3) is 7.59. The van der Waals surface area contributed by atoms with Gasteiger partial charge in [-0.15, -0.1) is 0 Å². The second-order valence-corrected chi connectivity index (χ2v) is 6.62. The molecule has 22 heavy (non-hydrogen) atoms. The first-order valence-corrected chi connectivity index (χ1v) is 9.39. The molecule has 130 valence electrons. The summed E-state index contributed by atoms with van der Waals surface area (Å²) in [7, 11) is 0. The van der Waals surface area contributed by atoms with Gasteiger partial charge < -0.3 is 5.11 Å². The van der Waals surface area contributed by atoms with Crippen LogP contribution in [0, 0.1) is 0 Å². The molecule has 1 atom stereocenters. The summed E-state index contributed by atoms with van der Waals surface area (Å²) in [6, 6.07) is 0. The van der Waals surface area contributed by atoms with Crippen LogP contribution >= 0.6 is 0 Å². The zero-order valence-electron chi connectivity index (χ0n) is 14.7. The number of carbonyl (C=O) groups is 1. The molecule has 0 aromatic carbocycles. The van der Waals surface area contributed by atoms with Crippen LogP contribution in [0.2, 0.25) is 0 Å². The predicted molar refractivity (Wildman–Crippen MR) is 92.1 cm³/mol. The van der Waals surface area contributed by atoms with Crippen LogP contribution in [-0.4, -0.2) is 53.2 Å². The summed E-state index contributed by atoms with van der Waals surface area (Å²) in [5.74, 6) is -0.705. The largest absolute Gasteiger partial charge is 0.480 e. The molecule has 0 aromatic rings. The Balaban J connectivity index is 2.05. The van der Waals surface area contributed by atoms with E-state index in [4.69, 9.17) is 5.11 Å². The number of rotatable bonds is 13. The molecule has 0 spiro atoms. The SMILES string of the molecule is CCCCCCCCCCCN1CCN(CC(=O)O)C1CC. The Kier molecular flexibility index (Phi) is 10.5. The highest BCUT2D eigenvalue weighted by Gasteiger charge is 2.30. The van der Waals surface area contributed by atoms with Crippen molar-refractivity contribution in [2.45, 2.75) is 84.2 Å². The molecule has 0 bridgehead atoms. The van der Waals surface area contributed by atoms with Gasteiger partial charge in [-0.3, -0.25) is 14.6 Å². The lowest BCUT2D eigenvalue weighted by Gasteiger charge is -2.28. The monoisotopic (exact) mass is 312 g/mol. The normalized spacial score (nSPS) is 19.8. The number of aliphatic carboxylic acids is 1. The molecule has 4 nitrogen and oxygen atoms in total. The van der Waals surface area contributed by atoms with Crippen molar-refractivity contribution in [2.75, 3.05) is 26.2 Å². The lowest BCUT2D eigenvalue weighted by molar-refractivity contribution is -0.138. The fourth-order valence-corrected chi connectivity index (χ4v) is 3.55. The van der Waals surface area contributed by atoms with E-state index in [2.05, 4.69) is 23.6 Å². The van der Waals surface area contributed by atoms with Gasteiger partial charge >= 0.3 is 5.97 Å². The molecule has 1 N–H and O–H groups in total. The average molecular weight is 312 g/mol. The Bertz CT molecular complexity index is 297. The highest BCUT2D eigenvalue weighted by molar-refractivity contribution is 5.69. The summed E-state index contributed by atoms with van der Waals surface area (Å²) in [6.07, 6.45) is 13.6. The first-order valence-electron chi connectivity index (χ1n) is 9.39. The molecule has 1 unspecified atom stereocenters. The van der Waals surface area contributed by atoms with Crippen molar-refractivity contribution in [3.8, 4) is 0 Å². The number of carboxylic acids is 1. The number of nitrogens with zero attached hydrogens (tertiary/aromatic N) is 2. The van der Waals surface area contributed by atoms with Gasteiger partial charge in [0.1, 0.15) is 0 Å². The summed E-state index contributed by atoms with van der Waals surface area (Å²) < 4.78 is 0. The molecule has 1 heterocycles. The van der Waals surface area contributed by atoms with Crippen LogP contribution in [-0.2, 0) is 4.79 Å². The molecule has 1 rings (SSSR count). The highest BCUT2D eigenvalue weighted by atomic mass is 16.4. The Hall–Kier alpha value is -0.610. The molecule has 1 fully saturated rings. The van der Waals surface area contributed by atoms with Crippen LogP contribution in [0.1, 0.15) is 78.1 Å². The van der Waals surface area contributed by atoms with Gasteiger partial charge in [0.2, 0.25) is 0 Å². The van der Waals surface area contributed by atoms with Crippen LogP contribution < -0.4 is 0 Å². The third-order valence-corrected chi connectivity index (χ3v) is 4.77. The topological polar surface area (TPSA) is 43.8 Å². The van der Waals surface area contributed by atoms with Crippen LogP contribution in [0.5, 0.6) is 0 Å². The molecular weight excluding hydrogens is 276 g/mol. The van der Waals surface area contributed by atoms with E-state index in [0.717, 1.165) is 26.1 Å². The summed E-state index contributed by atoms with van der Waals surface area (Å²) in [5.41, 5.74) is 0. The van der Waals surface area contributed by atoms with Crippen molar-refractivity contribution in [1.29, 1.82) is 0 Å². The van der Waals surface area contributed by atoms with E-state index >= 15 is 0 Å². The summed E-state index contributed by atoms with van der Waals surface area (Å²) in [5, 5.41) is 8.96. The maximum Gasteiger partial charge on any atom is 0.317 e. The predicted octanol–water partition coefficient (Wildman–Crippen LogP) is 3.96. The van der Waals surface area contributed by atoms with E-state index in [9.17, 15) is 4.79 Å². The van der Waals surface area contributed by atoms with Crippen molar-refractivity contribution in [3.63, 3.8) is 0 Å². The fourth-order valence-electron chi connectivity index (χ4n) is 3.55. The van der Waals surface area contributed by atoms with Crippen molar-refractivity contribution in [1.82, 2.24) is 9.80 Å². The maximum atomic E-state index is 10.9. The standard InChI is InChI=1S/C18H36N2O2/c1-3-5-6-7-8-9-10-11-12-13-19-14-15-20(16-18(21)22)17(19)4-2/h17H,3-16H2,1-2H3,(H,21,22). The Morgan fingerprint density at radius 1 is 0.909 bits per heavy atom. The van der Waals surface area contributed by atoms with Gasteiger partial charge in [-0.05, 0) is 19.4 Å². The molecule has 1 aliphatic heterocycles. The molecule has 1 aliphatic rings. The van der Waals surface area contributed by atoms with Gasteiger partial charge in [0.05, 0.1) is 12.7 Å². The van der Waals surface area contributed by atoms with Gasteiger partial charge in [-0.25, -0.2) is 0 Å². The number of carboxylic acid groups (broad SMARTS) is 1. The molecule has 0 aliphatic carbocycles. The van der Waals surface area contributed by atoms with Crippen LogP contribution in [0.4, 0.5) is 0 Å². The highest BCUT2D eigenvalue weighted by Crippen LogP contribution is 2.18. The smallest absolute Gasteiger partial charge is 0.317 e. The molecule has 1 saturated heterocycles. The lowest BCUT2D eigenvalue weighted by atomic mass is 10.1. The summed E-state index contributed by atoms with van der Waals surface area (Å²) in [4.78, 5) is 15.5. The first-order chi connectivity index (χ1) is 10.7. The van der Waals surface area contributed by atoms with E-state index in [0.29, 0.717) is 6.17 Å². The lowest BCUT2D eigenvalue weighted by Crippen LogP contribution is -2.41. The second kappa shape index (κ2) is 11.9. The van der Waals surface area contributed by atoms with E-state index in [1.807, 2.05) is 0 Å². The molecule has 0 amide bonds. The molecule has 4 heteroatoms. The molecule has 0 aromatic heterocycles. The number of unbranched alkanes of at least 4 members (excludes halogenated alkanes) is 8. The van der Waals surface area contributed by atoms with Gasteiger partial charge in [0.15, 0.2) is 0 Å². The van der Waals surface area contributed by atoms with E-state index in [1.165, 1.54) is 57.8 Å². The maximum absolute atomic E-state index is 10.9. The van der Waals surface area contributed by atoms with Crippen LogP contribution in [0.3, 0.4) is 0 Å². The Morgan fingerprint density at radius 2 is 1.45 bits per heavy atom. The fraction of sp³-hybridized carbons (Fsp3) is 0.944. The zero-order chi connectivity index (χ0) is 16.2.